The molecular formula is C19H15Cl2F3N4O. The number of rotatable bonds is 6. The summed E-state index contributed by atoms with van der Waals surface area (Å²) in [4.78, 5) is 8.70. The first-order valence-corrected chi connectivity index (χ1v) is 9.21. The minimum atomic E-state index is -4.78. The Kier molecular flexibility index (Phi) is 6.34. The van der Waals surface area contributed by atoms with Crippen molar-refractivity contribution in [2.45, 2.75) is 13.3 Å². The van der Waals surface area contributed by atoms with Gasteiger partial charge in [-0.1, -0.05) is 41.4 Å². The monoisotopic (exact) mass is 442 g/mol. The highest BCUT2D eigenvalue weighted by atomic mass is 35.5. The van der Waals surface area contributed by atoms with Crippen LogP contribution in [0.15, 0.2) is 48.5 Å². The van der Waals surface area contributed by atoms with E-state index in [-0.39, 0.29) is 11.7 Å². The number of aromatic nitrogens is 2. The van der Waals surface area contributed by atoms with Crippen molar-refractivity contribution in [3.8, 4) is 17.0 Å². The van der Waals surface area contributed by atoms with Crippen LogP contribution in [0.4, 0.5) is 30.6 Å². The molecule has 0 radical (unpaired) electrons. The van der Waals surface area contributed by atoms with E-state index < -0.39 is 6.36 Å². The molecule has 0 fully saturated rings. The highest BCUT2D eigenvalue weighted by Gasteiger charge is 2.31. The Morgan fingerprint density at radius 3 is 2.34 bits per heavy atom. The molecule has 10 heteroatoms. The number of nitrogens with one attached hydrogen (secondary N) is 2. The molecule has 152 valence electrons. The molecule has 0 bridgehead atoms. The molecule has 3 aromatic rings. The quantitative estimate of drug-likeness (QED) is 0.454. The van der Waals surface area contributed by atoms with Gasteiger partial charge < -0.3 is 15.4 Å². The van der Waals surface area contributed by atoms with E-state index in [0.29, 0.717) is 39.4 Å². The Bertz CT molecular complexity index is 995. The van der Waals surface area contributed by atoms with Gasteiger partial charge in [-0.15, -0.1) is 13.2 Å². The van der Waals surface area contributed by atoms with Gasteiger partial charge in [0.2, 0.25) is 5.95 Å². The largest absolute Gasteiger partial charge is 0.573 e. The number of halogens is 5. The maximum absolute atomic E-state index is 12.5. The van der Waals surface area contributed by atoms with Crippen LogP contribution in [0.5, 0.6) is 5.75 Å². The summed E-state index contributed by atoms with van der Waals surface area (Å²) in [5.74, 6) is 0.309. The summed E-state index contributed by atoms with van der Waals surface area (Å²) in [5, 5.41) is 6.81. The summed E-state index contributed by atoms with van der Waals surface area (Å²) < 4.78 is 41.6. The molecule has 3 rings (SSSR count). The van der Waals surface area contributed by atoms with Crippen LogP contribution in [0.2, 0.25) is 10.0 Å². The molecule has 0 saturated carbocycles. The summed E-state index contributed by atoms with van der Waals surface area (Å²) in [6.45, 7) is 2.42. The van der Waals surface area contributed by atoms with Gasteiger partial charge in [-0.3, -0.25) is 0 Å². The van der Waals surface area contributed by atoms with E-state index in [1.165, 1.54) is 18.2 Å². The molecule has 2 aromatic carbocycles. The Balaban J connectivity index is 2.00. The van der Waals surface area contributed by atoms with Crippen molar-refractivity contribution in [1.29, 1.82) is 0 Å². The minimum Gasteiger partial charge on any atom is -0.406 e. The van der Waals surface area contributed by atoms with E-state index in [9.17, 15) is 13.2 Å². The van der Waals surface area contributed by atoms with Crippen LogP contribution < -0.4 is 15.4 Å². The summed E-state index contributed by atoms with van der Waals surface area (Å²) in [6.07, 6.45) is -4.78. The summed E-state index contributed by atoms with van der Waals surface area (Å²) in [7, 11) is 0. The maximum atomic E-state index is 12.5. The number of para-hydroxylation sites is 1. The lowest BCUT2D eigenvalue weighted by Gasteiger charge is -2.13. The fraction of sp³-hybridized carbons (Fsp3) is 0.158. The Hall–Kier alpha value is -2.71. The van der Waals surface area contributed by atoms with Gasteiger partial charge in [-0.2, -0.15) is 4.98 Å². The zero-order chi connectivity index (χ0) is 21.0. The Morgan fingerprint density at radius 1 is 1.00 bits per heavy atom. The number of hydrogen-bond acceptors (Lipinski definition) is 5. The van der Waals surface area contributed by atoms with E-state index in [1.807, 2.05) is 6.92 Å². The number of ether oxygens (including phenoxy) is 1. The third-order valence-electron chi connectivity index (χ3n) is 3.64. The minimum absolute atomic E-state index is 0.290. The van der Waals surface area contributed by atoms with Gasteiger partial charge >= 0.3 is 6.36 Å². The van der Waals surface area contributed by atoms with Gasteiger partial charge in [0.25, 0.3) is 0 Å². The fourth-order valence-electron chi connectivity index (χ4n) is 2.49. The lowest BCUT2D eigenvalue weighted by molar-refractivity contribution is -0.274. The second-order valence-corrected chi connectivity index (χ2v) is 6.60. The third kappa shape index (κ3) is 5.65. The van der Waals surface area contributed by atoms with E-state index in [1.54, 1.807) is 30.3 Å². The number of hydrogen-bond donors (Lipinski definition) is 2. The zero-order valence-corrected chi connectivity index (χ0v) is 16.5. The topological polar surface area (TPSA) is 59.1 Å². The highest BCUT2D eigenvalue weighted by Crippen LogP contribution is 2.34. The smallest absolute Gasteiger partial charge is 0.406 e. The number of anilines is 3. The normalized spacial score (nSPS) is 11.2. The molecule has 2 N–H and O–H groups in total. The van der Waals surface area contributed by atoms with Crippen molar-refractivity contribution < 1.29 is 17.9 Å². The van der Waals surface area contributed by atoms with Crippen LogP contribution in [0.3, 0.4) is 0 Å². The zero-order valence-electron chi connectivity index (χ0n) is 15.0. The van der Waals surface area contributed by atoms with Crippen LogP contribution in [0.1, 0.15) is 6.92 Å². The van der Waals surface area contributed by atoms with E-state index in [4.69, 9.17) is 23.2 Å². The van der Waals surface area contributed by atoms with E-state index >= 15 is 0 Å². The molecule has 1 aromatic heterocycles. The predicted octanol–water partition coefficient (Wildman–Crippen LogP) is 6.52. The second kappa shape index (κ2) is 8.75. The first kappa shape index (κ1) is 21.0. The van der Waals surface area contributed by atoms with Crippen molar-refractivity contribution in [1.82, 2.24) is 9.97 Å². The summed E-state index contributed by atoms with van der Waals surface area (Å²) >= 11 is 12.4. The van der Waals surface area contributed by atoms with Crippen molar-refractivity contribution in [2.24, 2.45) is 0 Å². The van der Waals surface area contributed by atoms with Gasteiger partial charge in [0, 0.05) is 18.2 Å². The van der Waals surface area contributed by atoms with Crippen LogP contribution in [-0.2, 0) is 0 Å². The second-order valence-electron chi connectivity index (χ2n) is 5.79. The average molecular weight is 443 g/mol. The maximum Gasteiger partial charge on any atom is 0.573 e. The Labute approximate surface area is 174 Å². The van der Waals surface area contributed by atoms with Gasteiger partial charge in [0.1, 0.15) is 11.6 Å². The van der Waals surface area contributed by atoms with Gasteiger partial charge in [0.15, 0.2) is 0 Å². The number of nitrogens with zero attached hydrogens (tertiary/aromatic N) is 2. The molecular weight excluding hydrogens is 428 g/mol. The van der Waals surface area contributed by atoms with Crippen LogP contribution in [0, 0.1) is 0 Å². The first-order chi connectivity index (χ1) is 13.7. The van der Waals surface area contributed by atoms with Crippen LogP contribution >= 0.6 is 23.2 Å². The third-order valence-corrected chi connectivity index (χ3v) is 4.27. The van der Waals surface area contributed by atoms with E-state index in [2.05, 4.69) is 25.3 Å². The lowest BCUT2D eigenvalue weighted by Crippen LogP contribution is -2.17. The molecule has 0 amide bonds. The molecule has 0 atom stereocenters. The summed E-state index contributed by atoms with van der Waals surface area (Å²) in [5.41, 5.74) is 1.26. The van der Waals surface area contributed by atoms with Crippen molar-refractivity contribution in [3.05, 3.63) is 58.6 Å². The molecule has 0 spiro atoms. The first-order valence-electron chi connectivity index (χ1n) is 8.45. The molecule has 0 unspecified atom stereocenters. The van der Waals surface area contributed by atoms with E-state index in [0.717, 1.165) is 0 Å². The lowest BCUT2D eigenvalue weighted by atomic mass is 10.1. The van der Waals surface area contributed by atoms with Crippen LogP contribution in [0.25, 0.3) is 11.3 Å². The van der Waals surface area contributed by atoms with Crippen LogP contribution in [-0.4, -0.2) is 22.9 Å². The van der Waals surface area contributed by atoms with Crippen molar-refractivity contribution in [2.75, 3.05) is 17.2 Å². The molecule has 1 heterocycles. The van der Waals surface area contributed by atoms with Crippen molar-refractivity contribution >= 4 is 40.7 Å². The molecule has 0 saturated heterocycles. The highest BCUT2D eigenvalue weighted by molar-refractivity contribution is 6.39. The predicted molar refractivity (Wildman–Crippen MR) is 108 cm³/mol. The SMILES string of the molecule is CCNc1nc(Nc2c(Cl)cccc2Cl)cc(-c2cccc(OC(F)(F)F)c2)n1. The van der Waals surface area contributed by atoms with Gasteiger partial charge in [-0.05, 0) is 31.2 Å². The van der Waals surface area contributed by atoms with Gasteiger partial charge in [0.05, 0.1) is 21.4 Å². The molecule has 29 heavy (non-hydrogen) atoms. The fourth-order valence-corrected chi connectivity index (χ4v) is 2.99. The molecule has 0 aliphatic heterocycles. The molecule has 0 aliphatic carbocycles. The summed E-state index contributed by atoms with van der Waals surface area (Å²) in [6, 6.07) is 12.1. The molecule has 5 nitrogen and oxygen atoms in total. The average Bonchev–Trinajstić information content (AvgIpc) is 2.64. The van der Waals surface area contributed by atoms with Crippen molar-refractivity contribution in [3.63, 3.8) is 0 Å². The Morgan fingerprint density at radius 2 is 1.69 bits per heavy atom. The number of benzene rings is 2. The van der Waals surface area contributed by atoms with Gasteiger partial charge in [-0.25, -0.2) is 4.98 Å². The number of alkyl halides is 3. The standard InChI is InChI=1S/C19H15Cl2F3N4O/c1-2-25-18-26-15(11-5-3-6-12(9-11)29-19(22,23)24)10-16(28-18)27-17-13(20)7-4-8-14(17)21/h3-10H,2H2,1H3,(H2,25,26,27,28). The molecule has 0 aliphatic rings.